The molecule has 0 bridgehead atoms. The van der Waals surface area contributed by atoms with Gasteiger partial charge in [-0.2, -0.15) is 5.10 Å². The molecule has 1 unspecified atom stereocenters. The van der Waals surface area contributed by atoms with E-state index in [9.17, 15) is 4.79 Å². The van der Waals surface area contributed by atoms with Gasteiger partial charge in [0.2, 0.25) is 0 Å². The maximum Gasteiger partial charge on any atom is 0.317 e. The molecule has 2 aromatic heterocycles. The van der Waals surface area contributed by atoms with E-state index < -0.39 is 0 Å². The Bertz CT molecular complexity index is 1030. The molecular formula is C21H23N5O. The SMILES string of the molecule is CCNC(=O)N1CC2(CC(C)n3nc(-c4cnc5ccccc5c4)cc32)C1. The standard InChI is InChI=1S/C21H23N5O/c1-3-22-20(27)25-12-21(13-25)10-14(2)26-19(21)9-18(24-26)16-8-15-6-4-5-7-17(15)23-11-16/h4-9,11,14H,3,10,12-13H2,1-2H3,(H,22,27). The Morgan fingerprint density at radius 3 is 2.93 bits per heavy atom. The lowest BCUT2D eigenvalue weighted by Crippen LogP contribution is -2.62. The summed E-state index contributed by atoms with van der Waals surface area (Å²) < 4.78 is 2.15. The summed E-state index contributed by atoms with van der Waals surface area (Å²) in [5, 5.41) is 8.91. The minimum absolute atomic E-state index is 0.0349. The summed E-state index contributed by atoms with van der Waals surface area (Å²) in [6.07, 6.45) is 2.95. The van der Waals surface area contributed by atoms with Gasteiger partial charge in [0.05, 0.1) is 17.3 Å². The lowest BCUT2D eigenvalue weighted by molar-refractivity contribution is 0.0899. The third-order valence-corrected chi connectivity index (χ3v) is 5.87. The van der Waals surface area contributed by atoms with Gasteiger partial charge in [-0.05, 0) is 38.5 Å². The van der Waals surface area contributed by atoms with Crippen molar-refractivity contribution in [1.82, 2.24) is 25.0 Å². The van der Waals surface area contributed by atoms with Crippen molar-refractivity contribution < 1.29 is 4.79 Å². The number of hydrogen-bond donors (Lipinski definition) is 1. The molecule has 1 N–H and O–H groups in total. The molecule has 2 aliphatic rings. The van der Waals surface area contributed by atoms with Gasteiger partial charge >= 0.3 is 6.03 Å². The molecule has 6 heteroatoms. The number of rotatable bonds is 2. The Balaban J connectivity index is 1.47. The average molecular weight is 361 g/mol. The van der Waals surface area contributed by atoms with E-state index in [-0.39, 0.29) is 11.4 Å². The lowest BCUT2D eigenvalue weighted by Gasteiger charge is -2.47. The maximum absolute atomic E-state index is 12.1. The molecule has 1 atom stereocenters. The number of aromatic nitrogens is 3. The van der Waals surface area contributed by atoms with Crippen molar-refractivity contribution in [3.8, 4) is 11.3 Å². The minimum Gasteiger partial charge on any atom is -0.338 e. The van der Waals surface area contributed by atoms with Crippen LogP contribution in [0.1, 0.15) is 32.0 Å². The monoisotopic (exact) mass is 361 g/mol. The number of nitrogens with one attached hydrogen (secondary N) is 1. The summed E-state index contributed by atoms with van der Waals surface area (Å²) in [5.41, 5.74) is 4.29. The molecule has 1 fully saturated rings. The van der Waals surface area contributed by atoms with Crippen molar-refractivity contribution in [3.63, 3.8) is 0 Å². The molecule has 1 aromatic carbocycles. The number of urea groups is 1. The Kier molecular flexibility index (Phi) is 3.50. The first-order valence-electron chi connectivity index (χ1n) is 9.58. The largest absolute Gasteiger partial charge is 0.338 e. The Morgan fingerprint density at radius 2 is 2.11 bits per heavy atom. The third-order valence-electron chi connectivity index (χ3n) is 5.87. The van der Waals surface area contributed by atoms with Crippen molar-refractivity contribution in [1.29, 1.82) is 0 Å². The smallest absolute Gasteiger partial charge is 0.317 e. The van der Waals surface area contributed by atoms with Gasteiger partial charge in [0, 0.05) is 47.9 Å². The highest BCUT2D eigenvalue weighted by Gasteiger charge is 2.53. The summed E-state index contributed by atoms with van der Waals surface area (Å²) in [4.78, 5) is 18.6. The number of fused-ring (bicyclic) bond motifs is 3. The number of carbonyl (C=O) groups is 1. The Morgan fingerprint density at radius 1 is 1.30 bits per heavy atom. The highest BCUT2D eigenvalue weighted by atomic mass is 16.2. The van der Waals surface area contributed by atoms with E-state index in [1.165, 1.54) is 5.69 Å². The fourth-order valence-electron chi connectivity index (χ4n) is 4.62. The normalized spacial score (nSPS) is 19.9. The number of carbonyl (C=O) groups excluding carboxylic acids is 1. The first kappa shape index (κ1) is 16.3. The first-order valence-corrected chi connectivity index (χ1v) is 9.58. The highest BCUT2D eigenvalue weighted by Crippen LogP contribution is 2.48. The zero-order chi connectivity index (χ0) is 18.6. The predicted octanol–water partition coefficient (Wildman–Crippen LogP) is 3.35. The summed E-state index contributed by atoms with van der Waals surface area (Å²) >= 11 is 0. The summed E-state index contributed by atoms with van der Waals surface area (Å²) in [7, 11) is 0. The van der Waals surface area contributed by atoms with Crippen LogP contribution >= 0.6 is 0 Å². The molecule has 0 saturated carbocycles. The zero-order valence-corrected chi connectivity index (χ0v) is 15.6. The van der Waals surface area contributed by atoms with Crippen LogP contribution in [0.4, 0.5) is 4.79 Å². The van der Waals surface area contributed by atoms with Crippen molar-refractivity contribution in [2.24, 2.45) is 0 Å². The fourth-order valence-corrected chi connectivity index (χ4v) is 4.62. The summed E-state index contributed by atoms with van der Waals surface area (Å²) in [6.45, 7) is 6.36. The molecular weight excluding hydrogens is 338 g/mol. The highest BCUT2D eigenvalue weighted by molar-refractivity contribution is 5.83. The fraction of sp³-hybridized carbons (Fsp3) is 0.381. The molecule has 2 aliphatic heterocycles. The minimum atomic E-state index is 0.0349. The second-order valence-corrected chi connectivity index (χ2v) is 7.80. The molecule has 2 amide bonds. The number of likely N-dealkylation sites (tertiary alicyclic amines) is 1. The molecule has 138 valence electrons. The van der Waals surface area contributed by atoms with Gasteiger partial charge in [0.15, 0.2) is 0 Å². The van der Waals surface area contributed by atoms with E-state index in [4.69, 9.17) is 5.10 Å². The van der Waals surface area contributed by atoms with Crippen molar-refractivity contribution in [2.75, 3.05) is 19.6 Å². The zero-order valence-electron chi connectivity index (χ0n) is 15.6. The van der Waals surface area contributed by atoms with Crippen LogP contribution in [0.3, 0.4) is 0 Å². The van der Waals surface area contributed by atoms with Crippen LogP contribution in [0.2, 0.25) is 0 Å². The van der Waals surface area contributed by atoms with Gasteiger partial charge in [-0.3, -0.25) is 9.67 Å². The van der Waals surface area contributed by atoms with Gasteiger partial charge in [0.25, 0.3) is 0 Å². The first-order chi connectivity index (χ1) is 13.1. The van der Waals surface area contributed by atoms with Crippen molar-refractivity contribution in [2.45, 2.75) is 31.7 Å². The average Bonchev–Trinajstić information content (AvgIpc) is 3.19. The molecule has 0 aliphatic carbocycles. The van der Waals surface area contributed by atoms with Gasteiger partial charge in [-0.25, -0.2) is 4.79 Å². The second kappa shape index (κ2) is 5.81. The number of para-hydroxylation sites is 1. The molecule has 6 nitrogen and oxygen atoms in total. The molecule has 3 aromatic rings. The lowest BCUT2D eigenvalue weighted by atomic mass is 9.75. The van der Waals surface area contributed by atoms with Gasteiger partial charge in [0.1, 0.15) is 0 Å². The number of benzene rings is 1. The van der Waals surface area contributed by atoms with E-state index in [1.54, 1.807) is 0 Å². The van der Waals surface area contributed by atoms with E-state index in [0.717, 1.165) is 41.7 Å². The van der Waals surface area contributed by atoms with E-state index in [1.807, 2.05) is 36.2 Å². The van der Waals surface area contributed by atoms with Gasteiger partial charge < -0.3 is 10.2 Å². The number of pyridine rings is 1. The second-order valence-electron chi connectivity index (χ2n) is 7.80. The van der Waals surface area contributed by atoms with E-state index in [0.29, 0.717) is 12.6 Å². The third kappa shape index (κ3) is 2.43. The number of nitrogens with zero attached hydrogens (tertiary/aromatic N) is 4. The van der Waals surface area contributed by atoms with Crippen LogP contribution in [0, 0.1) is 0 Å². The van der Waals surface area contributed by atoms with Crippen molar-refractivity contribution >= 4 is 16.9 Å². The quantitative estimate of drug-likeness (QED) is 0.761. The number of hydrogen-bond acceptors (Lipinski definition) is 3. The van der Waals surface area contributed by atoms with Crippen LogP contribution < -0.4 is 5.32 Å². The predicted molar refractivity (Wildman–Crippen MR) is 105 cm³/mol. The van der Waals surface area contributed by atoms with Crippen LogP contribution in [-0.2, 0) is 5.41 Å². The van der Waals surface area contributed by atoms with Crippen LogP contribution in [0.15, 0.2) is 42.6 Å². The molecule has 0 radical (unpaired) electrons. The topological polar surface area (TPSA) is 63.1 Å². The molecule has 5 rings (SSSR count). The molecule has 1 spiro atoms. The molecule has 1 saturated heterocycles. The van der Waals surface area contributed by atoms with Gasteiger partial charge in [-0.1, -0.05) is 18.2 Å². The van der Waals surface area contributed by atoms with Crippen molar-refractivity contribution in [3.05, 3.63) is 48.3 Å². The van der Waals surface area contributed by atoms with Gasteiger partial charge in [-0.15, -0.1) is 0 Å². The van der Waals surface area contributed by atoms with Crippen LogP contribution in [0.5, 0.6) is 0 Å². The van der Waals surface area contributed by atoms with Crippen LogP contribution in [-0.4, -0.2) is 45.3 Å². The van der Waals surface area contributed by atoms with E-state index >= 15 is 0 Å². The maximum atomic E-state index is 12.1. The molecule has 27 heavy (non-hydrogen) atoms. The Hall–Kier alpha value is -2.89. The number of amides is 2. The Labute approximate surface area is 158 Å². The summed E-state index contributed by atoms with van der Waals surface area (Å²) in [6, 6.07) is 12.9. The van der Waals surface area contributed by atoms with E-state index in [2.05, 4.69) is 40.1 Å². The summed E-state index contributed by atoms with van der Waals surface area (Å²) in [5.74, 6) is 0. The molecule has 4 heterocycles. The van der Waals surface area contributed by atoms with Crippen LogP contribution in [0.25, 0.3) is 22.2 Å².